The van der Waals surface area contributed by atoms with Crippen LogP contribution in [0.3, 0.4) is 0 Å². The number of hydrogen-bond acceptors (Lipinski definition) is 6. The van der Waals surface area contributed by atoms with Crippen LogP contribution in [0.5, 0.6) is 11.8 Å². The number of pyridine rings is 1. The highest BCUT2D eigenvalue weighted by Crippen LogP contribution is 2.23. The third kappa shape index (κ3) is 3.11. The SMILES string of the molecule is COCC(=O)N1CCCN1C(=O)c1ccc(OC)nc1OC. The highest BCUT2D eigenvalue weighted by Gasteiger charge is 2.32. The van der Waals surface area contributed by atoms with Crippen LogP contribution < -0.4 is 9.47 Å². The Bertz CT molecular complexity index is 563. The summed E-state index contributed by atoms with van der Waals surface area (Å²) in [5, 5.41) is 2.79. The van der Waals surface area contributed by atoms with Gasteiger partial charge in [0.2, 0.25) is 11.8 Å². The van der Waals surface area contributed by atoms with E-state index in [9.17, 15) is 9.59 Å². The molecule has 1 aromatic heterocycles. The maximum Gasteiger partial charge on any atom is 0.277 e. The van der Waals surface area contributed by atoms with E-state index >= 15 is 0 Å². The Balaban J connectivity index is 2.25. The number of aromatic nitrogens is 1. The number of rotatable bonds is 5. The average Bonchev–Trinajstić information content (AvgIpc) is 3.03. The molecule has 1 aliphatic rings. The largest absolute Gasteiger partial charge is 0.481 e. The fourth-order valence-electron chi connectivity index (χ4n) is 2.27. The zero-order valence-corrected chi connectivity index (χ0v) is 12.9. The van der Waals surface area contributed by atoms with E-state index in [2.05, 4.69) is 4.98 Å². The van der Waals surface area contributed by atoms with Gasteiger partial charge in [-0.1, -0.05) is 0 Å². The van der Waals surface area contributed by atoms with Gasteiger partial charge in [0, 0.05) is 26.3 Å². The van der Waals surface area contributed by atoms with Gasteiger partial charge in [0.05, 0.1) is 14.2 Å². The van der Waals surface area contributed by atoms with Crippen molar-refractivity contribution in [2.75, 3.05) is 41.0 Å². The number of hydrogen-bond donors (Lipinski definition) is 0. The van der Waals surface area contributed by atoms with Crippen molar-refractivity contribution in [3.8, 4) is 11.8 Å². The molecule has 2 rings (SSSR count). The van der Waals surface area contributed by atoms with Gasteiger partial charge in [-0.15, -0.1) is 0 Å². The first kappa shape index (κ1) is 16.0. The van der Waals surface area contributed by atoms with Crippen LogP contribution in [-0.2, 0) is 9.53 Å². The second-order valence-corrected chi connectivity index (χ2v) is 4.64. The van der Waals surface area contributed by atoms with Crippen LogP contribution in [0.1, 0.15) is 16.8 Å². The van der Waals surface area contributed by atoms with E-state index in [1.807, 2.05) is 0 Å². The Hall–Kier alpha value is -2.35. The number of hydrazine groups is 1. The van der Waals surface area contributed by atoms with Gasteiger partial charge in [-0.05, 0) is 12.5 Å². The van der Waals surface area contributed by atoms with E-state index in [-0.39, 0.29) is 29.9 Å². The minimum Gasteiger partial charge on any atom is -0.481 e. The molecule has 2 amide bonds. The van der Waals surface area contributed by atoms with Gasteiger partial charge in [-0.2, -0.15) is 4.98 Å². The van der Waals surface area contributed by atoms with Gasteiger partial charge >= 0.3 is 0 Å². The fourth-order valence-corrected chi connectivity index (χ4v) is 2.27. The Morgan fingerprint density at radius 3 is 2.50 bits per heavy atom. The van der Waals surface area contributed by atoms with Crippen LogP contribution in [0.15, 0.2) is 12.1 Å². The second-order valence-electron chi connectivity index (χ2n) is 4.64. The lowest BCUT2D eigenvalue weighted by atomic mass is 10.2. The number of carbonyl (C=O) groups is 2. The molecule has 0 aromatic carbocycles. The molecular formula is C14H19N3O5. The van der Waals surface area contributed by atoms with Crippen LogP contribution >= 0.6 is 0 Å². The standard InChI is InChI=1S/C14H19N3O5/c1-20-9-12(18)16-7-4-8-17(16)14(19)10-5-6-11(21-2)15-13(10)22-3/h5-6H,4,7-9H2,1-3H3. The van der Waals surface area contributed by atoms with Gasteiger partial charge in [0.1, 0.15) is 12.2 Å². The van der Waals surface area contributed by atoms with Crippen molar-refractivity contribution in [1.29, 1.82) is 0 Å². The molecule has 1 aromatic rings. The molecule has 0 spiro atoms. The van der Waals surface area contributed by atoms with E-state index in [0.717, 1.165) is 0 Å². The molecule has 0 bridgehead atoms. The van der Waals surface area contributed by atoms with Crippen LogP contribution in [0, 0.1) is 0 Å². The maximum absolute atomic E-state index is 12.7. The number of nitrogens with zero attached hydrogens (tertiary/aromatic N) is 3. The van der Waals surface area contributed by atoms with E-state index < -0.39 is 0 Å². The van der Waals surface area contributed by atoms with E-state index in [1.165, 1.54) is 31.3 Å². The number of ether oxygens (including phenoxy) is 3. The molecule has 0 N–H and O–H groups in total. The topological polar surface area (TPSA) is 81.2 Å². The van der Waals surface area contributed by atoms with Gasteiger partial charge in [-0.25, -0.2) is 10.0 Å². The summed E-state index contributed by atoms with van der Waals surface area (Å²) < 4.78 is 15.0. The molecule has 1 fully saturated rings. The first-order valence-corrected chi connectivity index (χ1v) is 6.82. The normalized spacial score (nSPS) is 14.1. The Kier molecular flexibility index (Phi) is 5.16. The summed E-state index contributed by atoms with van der Waals surface area (Å²) in [6.45, 7) is 0.880. The minimum absolute atomic E-state index is 0.0677. The zero-order chi connectivity index (χ0) is 16.1. The summed E-state index contributed by atoms with van der Waals surface area (Å²) >= 11 is 0. The van der Waals surface area contributed by atoms with Crippen molar-refractivity contribution in [3.63, 3.8) is 0 Å². The maximum atomic E-state index is 12.7. The lowest BCUT2D eigenvalue weighted by molar-refractivity contribution is -0.144. The highest BCUT2D eigenvalue weighted by atomic mass is 16.5. The first-order valence-electron chi connectivity index (χ1n) is 6.82. The minimum atomic E-state index is -0.339. The van der Waals surface area contributed by atoms with Crippen molar-refractivity contribution < 1.29 is 23.8 Å². The zero-order valence-electron chi connectivity index (χ0n) is 12.9. The van der Waals surface area contributed by atoms with Crippen molar-refractivity contribution in [3.05, 3.63) is 17.7 Å². The van der Waals surface area contributed by atoms with Gasteiger partial charge in [0.15, 0.2) is 0 Å². The van der Waals surface area contributed by atoms with E-state index in [1.54, 1.807) is 12.1 Å². The summed E-state index contributed by atoms with van der Waals surface area (Å²) in [6, 6.07) is 3.15. The third-order valence-electron chi connectivity index (χ3n) is 3.29. The molecule has 8 heteroatoms. The van der Waals surface area contributed by atoms with Crippen LogP contribution in [0.25, 0.3) is 0 Å². The molecule has 8 nitrogen and oxygen atoms in total. The molecule has 1 saturated heterocycles. The number of carbonyl (C=O) groups excluding carboxylic acids is 2. The fraction of sp³-hybridized carbons (Fsp3) is 0.500. The Morgan fingerprint density at radius 1 is 1.14 bits per heavy atom. The lowest BCUT2D eigenvalue weighted by Gasteiger charge is -2.28. The van der Waals surface area contributed by atoms with Crippen molar-refractivity contribution in [2.24, 2.45) is 0 Å². The lowest BCUT2D eigenvalue weighted by Crippen LogP contribution is -2.46. The van der Waals surface area contributed by atoms with Crippen LogP contribution in [-0.4, -0.2) is 67.8 Å². The number of amides is 2. The van der Waals surface area contributed by atoms with Crippen molar-refractivity contribution in [2.45, 2.75) is 6.42 Å². The molecule has 0 unspecified atom stereocenters. The van der Waals surface area contributed by atoms with Gasteiger partial charge in [0.25, 0.3) is 11.8 Å². The number of methoxy groups -OCH3 is 3. The van der Waals surface area contributed by atoms with Crippen LogP contribution in [0.4, 0.5) is 0 Å². The monoisotopic (exact) mass is 309 g/mol. The Labute approximate surface area is 128 Å². The summed E-state index contributed by atoms with van der Waals surface area (Å²) in [5.41, 5.74) is 0.278. The summed E-state index contributed by atoms with van der Waals surface area (Å²) in [6.07, 6.45) is 0.715. The van der Waals surface area contributed by atoms with E-state index in [4.69, 9.17) is 14.2 Å². The predicted molar refractivity (Wildman–Crippen MR) is 76.6 cm³/mol. The molecule has 1 aliphatic heterocycles. The second kappa shape index (κ2) is 7.08. The molecule has 0 aliphatic carbocycles. The Morgan fingerprint density at radius 2 is 1.86 bits per heavy atom. The van der Waals surface area contributed by atoms with E-state index in [0.29, 0.717) is 25.4 Å². The molecule has 120 valence electrons. The van der Waals surface area contributed by atoms with Crippen LogP contribution in [0.2, 0.25) is 0 Å². The van der Waals surface area contributed by atoms with Gasteiger partial charge in [-0.3, -0.25) is 9.59 Å². The molecule has 0 radical (unpaired) electrons. The predicted octanol–water partition coefficient (Wildman–Crippen LogP) is 0.335. The summed E-state index contributed by atoms with van der Waals surface area (Å²) in [4.78, 5) is 28.8. The molecule has 0 saturated carbocycles. The summed E-state index contributed by atoms with van der Waals surface area (Å²) in [7, 11) is 4.35. The van der Waals surface area contributed by atoms with Crippen molar-refractivity contribution >= 4 is 11.8 Å². The highest BCUT2D eigenvalue weighted by molar-refractivity contribution is 5.97. The molecular weight excluding hydrogens is 290 g/mol. The molecule has 0 atom stereocenters. The van der Waals surface area contributed by atoms with Crippen molar-refractivity contribution in [1.82, 2.24) is 15.0 Å². The quantitative estimate of drug-likeness (QED) is 0.780. The molecule has 22 heavy (non-hydrogen) atoms. The van der Waals surface area contributed by atoms with Gasteiger partial charge < -0.3 is 14.2 Å². The molecule has 2 heterocycles. The average molecular weight is 309 g/mol. The first-order chi connectivity index (χ1) is 10.6. The third-order valence-corrected chi connectivity index (χ3v) is 3.29. The summed E-state index contributed by atoms with van der Waals surface area (Å²) in [5.74, 6) is -0.0831. The smallest absolute Gasteiger partial charge is 0.277 e.